The van der Waals surface area contributed by atoms with Crippen LogP contribution in [0.2, 0.25) is 0 Å². The van der Waals surface area contributed by atoms with E-state index in [1.54, 1.807) is 6.92 Å². The summed E-state index contributed by atoms with van der Waals surface area (Å²) in [6.45, 7) is 3.50. The number of Topliss-reactive ketones (excluding diaryl/α,β-unsaturated/α-hetero) is 1. The molecule has 0 N–H and O–H groups in total. The van der Waals surface area contributed by atoms with Crippen LogP contribution in [0.4, 0.5) is 0 Å². The minimum Gasteiger partial charge on any atom is -0.465 e. The van der Waals surface area contributed by atoms with Crippen molar-refractivity contribution >= 4 is 11.8 Å². The highest BCUT2D eigenvalue weighted by molar-refractivity contribution is 6.02. The predicted molar refractivity (Wildman–Crippen MR) is 101 cm³/mol. The fourth-order valence-corrected chi connectivity index (χ4v) is 3.56. The number of hydrogen-bond acceptors (Lipinski definition) is 4. The monoisotopic (exact) mass is 351 g/mol. The number of benzene rings is 2. The first-order valence-electron chi connectivity index (χ1n) is 9.21. The zero-order chi connectivity index (χ0) is 18.4. The molecule has 0 amide bonds. The molecule has 1 saturated heterocycles. The van der Waals surface area contributed by atoms with Gasteiger partial charge in [-0.15, -0.1) is 0 Å². The first-order valence-corrected chi connectivity index (χ1v) is 9.21. The summed E-state index contributed by atoms with van der Waals surface area (Å²) in [7, 11) is 0. The van der Waals surface area contributed by atoms with Gasteiger partial charge >= 0.3 is 5.97 Å². The van der Waals surface area contributed by atoms with Crippen molar-refractivity contribution in [1.82, 2.24) is 4.90 Å². The minimum atomic E-state index is -0.643. The lowest BCUT2D eigenvalue weighted by Crippen LogP contribution is -2.52. The van der Waals surface area contributed by atoms with Crippen molar-refractivity contribution in [1.29, 1.82) is 0 Å². The van der Waals surface area contributed by atoms with Crippen LogP contribution >= 0.6 is 0 Å². The molecule has 1 fully saturated rings. The smallest absolute Gasteiger partial charge is 0.316 e. The third-order valence-electron chi connectivity index (χ3n) is 4.89. The van der Waals surface area contributed by atoms with Crippen molar-refractivity contribution in [3.05, 3.63) is 71.8 Å². The number of likely N-dealkylation sites (tertiary alicyclic amines) is 1. The molecule has 1 aliphatic heterocycles. The number of esters is 1. The van der Waals surface area contributed by atoms with Gasteiger partial charge in [-0.25, -0.2) is 0 Å². The van der Waals surface area contributed by atoms with Crippen LogP contribution in [0.3, 0.4) is 0 Å². The maximum absolute atomic E-state index is 13.1. The number of ether oxygens (including phenoxy) is 1. The zero-order valence-electron chi connectivity index (χ0n) is 15.1. The molecule has 0 unspecified atom stereocenters. The molecule has 0 aromatic heterocycles. The Balaban J connectivity index is 1.81. The van der Waals surface area contributed by atoms with Crippen LogP contribution in [0.5, 0.6) is 0 Å². The van der Waals surface area contributed by atoms with Gasteiger partial charge in [0.05, 0.1) is 12.6 Å². The largest absolute Gasteiger partial charge is 0.465 e. The van der Waals surface area contributed by atoms with Gasteiger partial charge in [0.15, 0.2) is 5.78 Å². The van der Waals surface area contributed by atoms with Gasteiger partial charge in [-0.3, -0.25) is 14.5 Å². The topological polar surface area (TPSA) is 46.6 Å². The second-order valence-electron chi connectivity index (χ2n) is 6.66. The van der Waals surface area contributed by atoms with Gasteiger partial charge in [0.25, 0.3) is 0 Å². The molecule has 136 valence electrons. The Bertz CT molecular complexity index is 730. The number of hydrogen-bond donors (Lipinski definition) is 0. The summed E-state index contributed by atoms with van der Waals surface area (Å²) in [6, 6.07) is 19.8. The SMILES string of the molecule is CCOC(=O)[C@H]1CCN(Cc2ccccc2)[C@H](Cc2ccccc2)C1=O. The summed E-state index contributed by atoms with van der Waals surface area (Å²) in [5.41, 5.74) is 2.28. The Morgan fingerprint density at radius 1 is 1.04 bits per heavy atom. The van der Waals surface area contributed by atoms with Crippen LogP contribution in [-0.4, -0.2) is 35.8 Å². The first-order chi connectivity index (χ1) is 12.7. The number of piperidine rings is 1. The molecule has 4 heteroatoms. The van der Waals surface area contributed by atoms with Crippen LogP contribution in [0, 0.1) is 5.92 Å². The average Bonchev–Trinajstić information content (AvgIpc) is 2.66. The van der Waals surface area contributed by atoms with Gasteiger partial charge in [-0.1, -0.05) is 60.7 Å². The van der Waals surface area contributed by atoms with Gasteiger partial charge in [-0.2, -0.15) is 0 Å². The molecule has 1 heterocycles. The first kappa shape index (κ1) is 18.3. The van der Waals surface area contributed by atoms with Crippen LogP contribution in [-0.2, 0) is 27.3 Å². The number of nitrogens with zero attached hydrogens (tertiary/aromatic N) is 1. The Morgan fingerprint density at radius 2 is 1.65 bits per heavy atom. The van der Waals surface area contributed by atoms with Crippen molar-refractivity contribution in [2.45, 2.75) is 32.4 Å². The molecule has 2 aromatic rings. The summed E-state index contributed by atoms with van der Waals surface area (Å²) in [5, 5.41) is 0. The molecule has 26 heavy (non-hydrogen) atoms. The Labute approximate surface area is 154 Å². The average molecular weight is 351 g/mol. The molecule has 0 saturated carbocycles. The lowest BCUT2D eigenvalue weighted by molar-refractivity contribution is -0.155. The summed E-state index contributed by atoms with van der Waals surface area (Å²) in [6.07, 6.45) is 1.14. The van der Waals surface area contributed by atoms with Crippen LogP contribution in [0.25, 0.3) is 0 Å². The quantitative estimate of drug-likeness (QED) is 0.592. The van der Waals surface area contributed by atoms with E-state index >= 15 is 0 Å². The Morgan fingerprint density at radius 3 is 2.27 bits per heavy atom. The van der Waals surface area contributed by atoms with E-state index < -0.39 is 5.92 Å². The second kappa shape index (κ2) is 8.77. The van der Waals surface area contributed by atoms with E-state index in [0.717, 1.165) is 5.56 Å². The van der Waals surface area contributed by atoms with Crippen LogP contribution in [0.15, 0.2) is 60.7 Å². The van der Waals surface area contributed by atoms with E-state index in [4.69, 9.17) is 4.74 Å². The van der Waals surface area contributed by atoms with Crippen molar-refractivity contribution < 1.29 is 14.3 Å². The second-order valence-corrected chi connectivity index (χ2v) is 6.66. The van der Waals surface area contributed by atoms with E-state index in [1.165, 1.54) is 5.56 Å². The molecule has 2 atom stereocenters. The maximum atomic E-state index is 13.1. The van der Waals surface area contributed by atoms with Gasteiger partial charge in [0.1, 0.15) is 5.92 Å². The molecular formula is C22H25NO3. The predicted octanol–water partition coefficient (Wildman–Crippen LogP) is 3.25. The highest BCUT2D eigenvalue weighted by atomic mass is 16.5. The maximum Gasteiger partial charge on any atom is 0.316 e. The van der Waals surface area contributed by atoms with E-state index in [0.29, 0.717) is 32.5 Å². The van der Waals surface area contributed by atoms with Crippen molar-refractivity contribution in [3.8, 4) is 0 Å². The fraction of sp³-hybridized carbons (Fsp3) is 0.364. The highest BCUT2D eigenvalue weighted by Gasteiger charge is 2.40. The van der Waals surface area contributed by atoms with Crippen molar-refractivity contribution in [3.63, 3.8) is 0 Å². The Hall–Kier alpha value is -2.46. The molecule has 2 aromatic carbocycles. The zero-order valence-corrected chi connectivity index (χ0v) is 15.1. The summed E-state index contributed by atoms with van der Waals surface area (Å²) in [5.74, 6) is -1.04. The van der Waals surface area contributed by atoms with E-state index in [1.807, 2.05) is 48.5 Å². The third-order valence-corrected chi connectivity index (χ3v) is 4.89. The minimum absolute atomic E-state index is 0.0190. The van der Waals surface area contributed by atoms with Crippen LogP contribution in [0.1, 0.15) is 24.5 Å². The van der Waals surface area contributed by atoms with Crippen molar-refractivity contribution in [2.24, 2.45) is 5.92 Å². The van der Waals surface area contributed by atoms with Crippen LogP contribution < -0.4 is 0 Å². The van der Waals surface area contributed by atoms with Gasteiger partial charge in [0.2, 0.25) is 0 Å². The van der Waals surface area contributed by atoms with Gasteiger partial charge in [-0.05, 0) is 30.9 Å². The molecule has 0 aliphatic carbocycles. The molecule has 1 aliphatic rings. The van der Waals surface area contributed by atoms with Gasteiger partial charge in [0, 0.05) is 13.1 Å². The molecule has 0 bridgehead atoms. The molecular weight excluding hydrogens is 326 g/mol. The number of rotatable bonds is 6. The third kappa shape index (κ3) is 4.38. The molecule has 0 radical (unpaired) electrons. The Kier molecular flexibility index (Phi) is 6.18. The van der Waals surface area contributed by atoms with E-state index in [-0.39, 0.29) is 17.8 Å². The number of carbonyl (C=O) groups excluding carboxylic acids is 2. The van der Waals surface area contributed by atoms with Crippen molar-refractivity contribution in [2.75, 3.05) is 13.2 Å². The lowest BCUT2D eigenvalue weighted by atomic mass is 9.86. The number of ketones is 1. The van der Waals surface area contributed by atoms with E-state index in [9.17, 15) is 9.59 Å². The molecule has 3 rings (SSSR count). The summed E-state index contributed by atoms with van der Waals surface area (Å²) >= 11 is 0. The molecule has 0 spiro atoms. The number of carbonyl (C=O) groups is 2. The fourth-order valence-electron chi connectivity index (χ4n) is 3.56. The highest BCUT2D eigenvalue weighted by Crippen LogP contribution is 2.25. The van der Waals surface area contributed by atoms with Gasteiger partial charge < -0.3 is 4.74 Å². The summed E-state index contributed by atoms with van der Waals surface area (Å²) < 4.78 is 5.13. The normalized spacial score (nSPS) is 20.7. The lowest BCUT2D eigenvalue weighted by Gasteiger charge is -2.37. The molecule has 4 nitrogen and oxygen atoms in total. The summed E-state index contributed by atoms with van der Waals surface area (Å²) in [4.78, 5) is 27.5. The van der Waals surface area contributed by atoms with E-state index in [2.05, 4.69) is 17.0 Å². The standard InChI is InChI=1S/C22H25NO3/c1-2-26-22(25)19-13-14-23(16-18-11-7-4-8-12-18)20(21(19)24)15-17-9-5-3-6-10-17/h3-12,19-20H,2,13-16H2,1H3/t19-,20+/m0/s1.